The molecule has 0 saturated heterocycles. The van der Waals surface area contributed by atoms with Crippen molar-refractivity contribution in [1.29, 1.82) is 0 Å². The molecule has 0 fully saturated rings. The van der Waals surface area contributed by atoms with Gasteiger partial charge in [0, 0.05) is 5.39 Å². The van der Waals surface area contributed by atoms with Crippen LogP contribution in [0.2, 0.25) is 0 Å². The number of benzene rings is 2. The van der Waals surface area contributed by atoms with Crippen LogP contribution in [0.1, 0.15) is 43.0 Å². The zero-order chi connectivity index (χ0) is 20.1. The van der Waals surface area contributed by atoms with Crippen molar-refractivity contribution >= 4 is 22.5 Å². The quantitative estimate of drug-likeness (QED) is 0.636. The average Bonchev–Trinajstić information content (AvgIpc) is 2.63. The molecule has 0 spiro atoms. The number of carbonyl (C=O) groups excluding carboxylic acids is 1. The van der Waals surface area contributed by atoms with Crippen LogP contribution >= 0.6 is 0 Å². The van der Waals surface area contributed by atoms with Gasteiger partial charge in [-0.1, -0.05) is 38.1 Å². The van der Waals surface area contributed by atoms with Gasteiger partial charge < -0.3 is 5.32 Å². The molecule has 1 aliphatic rings. The number of hydrogen-bond acceptors (Lipinski definition) is 2. The van der Waals surface area contributed by atoms with E-state index in [1.807, 2.05) is 19.9 Å². The summed E-state index contributed by atoms with van der Waals surface area (Å²) < 4.78 is 28.2. The second kappa shape index (κ2) is 6.66. The number of amides is 1. The van der Waals surface area contributed by atoms with Crippen LogP contribution in [0.5, 0.6) is 0 Å². The molecule has 1 amide bonds. The monoisotopic (exact) mass is 380 g/mol. The van der Waals surface area contributed by atoms with Gasteiger partial charge in [-0.05, 0) is 55.0 Å². The van der Waals surface area contributed by atoms with Crippen molar-refractivity contribution in [3.05, 3.63) is 70.9 Å². The second-order valence-electron chi connectivity index (χ2n) is 8.04. The molecular weight excluding hydrogens is 358 g/mol. The summed E-state index contributed by atoms with van der Waals surface area (Å²) in [7, 11) is 0. The van der Waals surface area contributed by atoms with E-state index >= 15 is 0 Å². The first-order chi connectivity index (χ1) is 13.3. The minimum absolute atomic E-state index is 0.0504. The number of aryl methyl sites for hydroxylation is 1. The van der Waals surface area contributed by atoms with Crippen molar-refractivity contribution in [2.75, 3.05) is 5.32 Å². The zero-order valence-electron chi connectivity index (χ0n) is 16.1. The minimum atomic E-state index is -0.663. The van der Waals surface area contributed by atoms with E-state index in [1.54, 1.807) is 31.2 Å². The van der Waals surface area contributed by atoms with Gasteiger partial charge in [0.1, 0.15) is 17.2 Å². The van der Waals surface area contributed by atoms with E-state index in [-0.39, 0.29) is 23.5 Å². The summed E-state index contributed by atoms with van der Waals surface area (Å²) >= 11 is 0. The van der Waals surface area contributed by atoms with E-state index in [9.17, 15) is 13.6 Å². The second-order valence-corrected chi connectivity index (χ2v) is 8.04. The molecule has 4 rings (SSSR count). The van der Waals surface area contributed by atoms with Crippen LogP contribution < -0.4 is 5.32 Å². The van der Waals surface area contributed by atoms with Gasteiger partial charge in [0.05, 0.1) is 16.8 Å². The number of nitrogens with one attached hydrogen (secondary N) is 1. The first kappa shape index (κ1) is 18.5. The summed E-state index contributed by atoms with van der Waals surface area (Å²) in [6.07, 6.45) is 1.03. The van der Waals surface area contributed by atoms with Crippen molar-refractivity contribution in [3.63, 3.8) is 0 Å². The molecule has 0 bridgehead atoms. The van der Waals surface area contributed by atoms with Gasteiger partial charge in [-0.25, -0.2) is 13.8 Å². The zero-order valence-corrected chi connectivity index (χ0v) is 16.1. The van der Waals surface area contributed by atoms with E-state index in [0.29, 0.717) is 40.7 Å². The molecule has 1 aliphatic carbocycles. The Morgan fingerprint density at radius 1 is 1.18 bits per heavy atom. The Hall–Kier alpha value is -2.82. The molecule has 144 valence electrons. The van der Waals surface area contributed by atoms with Gasteiger partial charge in [-0.2, -0.15) is 0 Å². The molecule has 3 aromatic rings. The Bertz CT molecular complexity index is 1100. The minimum Gasteiger partial charge on any atom is -0.324 e. The number of pyridine rings is 1. The summed E-state index contributed by atoms with van der Waals surface area (Å²) in [5.74, 6) is -0.769. The van der Waals surface area contributed by atoms with Crippen LogP contribution in [-0.4, -0.2) is 10.9 Å². The fraction of sp³-hybridized carbons (Fsp3) is 0.304. The first-order valence-electron chi connectivity index (χ1n) is 9.43. The third kappa shape index (κ3) is 3.05. The topological polar surface area (TPSA) is 42.0 Å². The molecular formula is C23H22F2N2O. The number of halogens is 2. The van der Waals surface area contributed by atoms with Crippen molar-refractivity contribution in [2.24, 2.45) is 5.41 Å². The Balaban J connectivity index is 1.65. The van der Waals surface area contributed by atoms with Crippen LogP contribution in [0, 0.1) is 24.0 Å². The molecule has 2 atom stereocenters. The van der Waals surface area contributed by atoms with Crippen molar-refractivity contribution in [2.45, 2.75) is 39.5 Å². The lowest BCUT2D eigenvalue weighted by Gasteiger charge is -2.37. The smallest absolute Gasteiger partial charge is 0.230 e. The van der Waals surface area contributed by atoms with E-state index in [0.717, 1.165) is 5.56 Å². The van der Waals surface area contributed by atoms with E-state index in [4.69, 9.17) is 0 Å². The van der Waals surface area contributed by atoms with E-state index in [2.05, 4.69) is 10.3 Å². The Morgan fingerprint density at radius 2 is 1.89 bits per heavy atom. The standard InChI is InChI=1S/C23H22F2N2O/c1-13-11-23(3,12-16-7-5-8-17(24)20(13)16)22(28)27-19-10-15-6-4-9-18(25)21(15)26-14(19)2/h4-10,13H,11-12H2,1-3H3,(H,27,28). The number of aromatic nitrogens is 1. The van der Waals surface area contributed by atoms with Crippen LogP contribution in [0.15, 0.2) is 42.5 Å². The number of carbonyl (C=O) groups is 1. The maximum atomic E-state index is 14.2. The van der Waals surface area contributed by atoms with Crippen molar-refractivity contribution < 1.29 is 13.6 Å². The Kier molecular flexibility index (Phi) is 4.41. The SMILES string of the molecule is Cc1nc2c(F)cccc2cc1NC(=O)C1(C)Cc2cccc(F)c2C(C)C1. The maximum absolute atomic E-state index is 14.2. The third-order valence-corrected chi connectivity index (χ3v) is 5.76. The lowest BCUT2D eigenvalue weighted by atomic mass is 9.68. The number of para-hydroxylation sites is 1. The molecule has 0 saturated carbocycles. The fourth-order valence-electron chi connectivity index (χ4n) is 4.39. The predicted octanol–water partition coefficient (Wildman–Crippen LogP) is 5.52. The number of hydrogen-bond donors (Lipinski definition) is 1. The Morgan fingerprint density at radius 3 is 2.68 bits per heavy atom. The molecule has 2 aromatic carbocycles. The van der Waals surface area contributed by atoms with Crippen molar-refractivity contribution in [3.8, 4) is 0 Å². The van der Waals surface area contributed by atoms with Gasteiger partial charge in [-0.3, -0.25) is 4.79 Å². The molecule has 28 heavy (non-hydrogen) atoms. The highest BCUT2D eigenvalue weighted by Gasteiger charge is 2.40. The summed E-state index contributed by atoms with van der Waals surface area (Å²) in [5, 5.41) is 3.62. The normalized spacial score (nSPS) is 21.4. The van der Waals surface area contributed by atoms with Crippen LogP contribution in [-0.2, 0) is 11.2 Å². The van der Waals surface area contributed by atoms with Crippen LogP contribution in [0.3, 0.4) is 0 Å². The van der Waals surface area contributed by atoms with Gasteiger partial charge in [0.25, 0.3) is 0 Å². The maximum Gasteiger partial charge on any atom is 0.230 e. The molecule has 5 heteroatoms. The van der Waals surface area contributed by atoms with E-state index < -0.39 is 5.41 Å². The predicted molar refractivity (Wildman–Crippen MR) is 106 cm³/mol. The average molecular weight is 380 g/mol. The summed E-state index contributed by atoms with van der Waals surface area (Å²) in [6, 6.07) is 11.6. The highest BCUT2D eigenvalue weighted by Crippen LogP contribution is 2.43. The summed E-state index contributed by atoms with van der Waals surface area (Å²) in [4.78, 5) is 17.5. The summed E-state index contributed by atoms with van der Waals surface area (Å²) in [5.41, 5.74) is 2.36. The van der Waals surface area contributed by atoms with Crippen molar-refractivity contribution in [1.82, 2.24) is 4.98 Å². The molecule has 1 heterocycles. The molecule has 1 aromatic heterocycles. The molecule has 0 radical (unpaired) electrons. The highest BCUT2D eigenvalue weighted by atomic mass is 19.1. The van der Waals surface area contributed by atoms with Gasteiger partial charge in [-0.15, -0.1) is 0 Å². The number of rotatable bonds is 2. The van der Waals surface area contributed by atoms with Gasteiger partial charge >= 0.3 is 0 Å². The van der Waals surface area contributed by atoms with Gasteiger partial charge in [0.2, 0.25) is 5.91 Å². The highest BCUT2D eigenvalue weighted by molar-refractivity contribution is 5.97. The van der Waals surface area contributed by atoms with Crippen LogP contribution in [0.4, 0.5) is 14.5 Å². The molecule has 0 aliphatic heterocycles. The van der Waals surface area contributed by atoms with Crippen LogP contribution in [0.25, 0.3) is 10.9 Å². The molecule has 1 N–H and O–H groups in total. The molecule has 3 nitrogen and oxygen atoms in total. The number of nitrogens with zero attached hydrogens (tertiary/aromatic N) is 1. The largest absolute Gasteiger partial charge is 0.324 e. The lowest BCUT2D eigenvalue weighted by molar-refractivity contribution is -0.125. The molecule has 2 unspecified atom stereocenters. The number of anilines is 1. The Labute approximate surface area is 162 Å². The fourth-order valence-corrected chi connectivity index (χ4v) is 4.39. The third-order valence-electron chi connectivity index (χ3n) is 5.76. The number of fused-ring (bicyclic) bond motifs is 2. The first-order valence-corrected chi connectivity index (χ1v) is 9.43. The van der Waals surface area contributed by atoms with E-state index in [1.165, 1.54) is 12.1 Å². The lowest BCUT2D eigenvalue weighted by Crippen LogP contribution is -2.39. The summed E-state index contributed by atoms with van der Waals surface area (Å²) in [6.45, 7) is 5.62. The van der Waals surface area contributed by atoms with Gasteiger partial charge in [0.15, 0.2) is 0 Å².